The fraction of sp³-hybridized carbons (Fsp3) is 0.333. The summed E-state index contributed by atoms with van der Waals surface area (Å²) in [5.41, 5.74) is 6.44. The lowest BCUT2D eigenvalue weighted by Gasteiger charge is -2.02. The minimum absolute atomic E-state index is 0.167. The zero-order valence-corrected chi connectivity index (χ0v) is 12.0. The van der Waals surface area contributed by atoms with Crippen LogP contribution in [0.3, 0.4) is 0 Å². The molecule has 106 valence electrons. The molecule has 0 atom stereocenters. The Labute approximate surface area is 120 Å². The number of aromatic nitrogens is 3. The number of nitrogen functional groups attached to an aromatic ring is 1. The van der Waals surface area contributed by atoms with Gasteiger partial charge in [-0.05, 0) is 5.92 Å². The minimum atomic E-state index is -0.216. The number of nitrogens with zero attached hydrogens (tertiary/aromatic N) is 3. The second kappa shape index (κ2) is 6.38. The Balaban J connectivity index is 1.88. The smallest absolute Gasteiger partial charge is 0.237 e. The number of rotatable bonds is 5. The van der Waals surface area contributed by atoms with E-state index in [-0.39, 0.29) is 17.6 Å². The third-order valence-corrected chi connectivity index (χ3v) is 3.41. The molecule has 2 heterocycles. The average molecular weight is 293 g/mol. The van der Waals surface area contributed by atoms with Gasteiger partial charge in [-0.15, -0.1) is 0 Å². The highest BCUT2D eigenvalue weighted by molar-refractivity contribution is 8.00. The number of anilines is 2. The van der Waals surface area contributed by atoms with E-state index in [1.807, 2.05) is 13.8 Å². The Hall–Kier alpha value is -2.09. The van der Waals surface area contributed by atoms with Crippen LogP contribution in [0.2, 0.25) is 0 Å². The van der Waals surface area contributed by atoms with Crippen LogP contribution in [-0.2, 0) is 4.79 Å². The van der Waals surface area contributed by atoms with E-state index < -0.39 is 0 Å². The predicted octanol–water partition coefficient (Wildman–Crippen LogP) is 1.90. The Bertz CT molecular complexity index is 599. The second-order valence-electron chi connectivity index (χ2n) is 4.35. The molecule has 0 aromatic carbocycles. The highest BCUT2D eigenvalue weighted by Crippen LogP contribution is 2.21. The molecule has 0 unspecified atom stereocenters. The molecular weight excluding hydrogens is 278 g/mol. The molecule has 0 saturated carbocycles. The quantitative estimate of drug-likeness (QED) is 0.811. The SMILES string of the molecule is CC(C)c1cc(NC(=O)CSc2nccnc2N)on1. The zero-order valence-electron chi connectivity index (χ0n) is 11.2. The summed E-state index contributed by atoms with van der Waals surface area (Å²) in [6.07, 6.45) is 3.03. The van der Waals surface area contributed by atoms with E-state index in [0.29, 0.717) is 16.7 Å². The largest absolute Gasteiger partial charge is 0.381 e. The van der Waals surface area contributed by atoms with Crippen molar-refractivity contribution in [1.29, 1.82) is 0 Å². The molecular formula is C12H15N5O2S. The van der Waals surface area contributed by atoms with Crippen LogP contribution in [0, 0.1) is 0 Å². The lowest BCUT2D eigenvalue weighted by Crippen LogP contribution is -2.13. The fourth-order valence-electron chi connectivity index (χ4n) is 1.37. The summed E-state index contributed by atoms with van der Waals surface area (Å²) in [6, 6.07) is 1.71. The van der Waals surface area contributed by atoms with Crippen LogP contribution in [0.25, 0.3) is 0 Å². The lowest BCUT2D eigenvalue weighted by molar-refractivity contribution is -0.113. The van der Waals surface area contributed by atoms with E-state index >= 15 is 0 Å². The van der Waals surface area contributed by atoms with Gasteiger partial charge in [0.25, 0.3) is 0 Å². The maximum absolute atomic E-state index is 11.8. The van der Waals surface area contributed by atoms with E-state index in [1.54, 1.807) is 6.07 Å². The summed E-state index contributed by atoms with van der Waals surface area (Å²) in [4.78, 5) is 19.7. The van der Waals surface area contributed by atoms with Crippen molar-refractivity contribution < 1.29 is 9.32 Å². The number of nitrogens with two attached hydrogens (primary N) is 1. The van der Waals surface area contributed by atoms with Crippen molar-refractivity contribution in [3.63, 3.8) is 0 Å². The van der Waals surface area contributed by atoms with E-state index in [2.05, 4.69) is 20.4 Å². The van der Waals surface area contributed by atoms with Gasteiger partial charge in [-0.1, -0.05) is 30.8 Å². The van der Waals surface area contributed by atoms with Crippen molar-refractivity contribution in [3.8, 4) is 0 Å². The summed E-state index contributed by atoms with van der Waals surface area (Å²) in [5, 5.41) is 7.02. The summed E-state index contributed by atoms with van der Waals surface area (Å²) in [7, 11) is 0. The van der Waals surface area contributed by atoms with Gasteiger partial charge in [-0.3, -0.25) is 10.1 Å². The topological polar surface area (TPSA) is 107 Å². The van der Waals surface area contributed by atoms with Crippen molar-refractivity contribution in [2.24, 2.45) is 0 Å². The van der Waals surface area contributed by atoms with Crippen LogP contribution in [-0.4, -0.2) is 26.8 Å². The van der Waals surface area contributed by atoms with Gasteiger partial charge in [-0.2, -0.15) is 0 Å². The first kappa shape index (κ1) is 14.3. The van der Waals surface area contributed by atoms with Crippen LogP contribution in [0.4, 0.5) is 11.7 Å². The summed E-state index contributed by atoms with van der Waals surface area (Å²) < 4.78 is 5.03. The van der Waals surface area contributed by atoms with Crippen molar-refractivity contribution in [3.05, 3.63) is 24.2 Å². The Morgan fingerprint density at radius 3 is 2.85 bits per heavy atom. The fourth-order valence-corrected chi connectivity index (χ4v) is 2.05. The van der Waals surface area contributed by atoms with E-state index in [4.69, 9.17) is 10.3 Å². The summed E-state index contributed by atoms with van der Waals surface area (Å²) in [5.74, 6) is 0.851. The number of carbonyl (C=O) groups excluding carboxylic acids is 1. The summed E-state index contributed by atoms with van der Waals surface area (Å²) >= 11 is 1.21. The monoisotopic (exact) mass is 293 g/mol. The third kappa shape index (κ3) is 3.70. The molecule has 0 radical (unpaired) electrons. The molecule has 2 aromatic rings. The van der Waals surface area contributed by atoms with Gasteiger partial charge in [-0.25, -0.2) is 9.97 Å². The molecule has 0 spiro atoms. The lowest BCUT2D eigenvalue weighted by atomic mass is 10.1. The number of hydrogen-bond donors (Lipinski definition) is 2. The number of thioether (sulfide) groups is 1. The Morgan fingerprint density at radius 2 is 2.20 bits per heavy atom. The third-order valence-electron chi connectivity index (χ3n) is 2.41. The highest BCUT2D eigenvalue weighted by Gasteiger charge is 2.11. The maximum atomic E-state index is 11.8. The van der Waals surface area contributed by atoms with Gasteiger partial charge >= 0.3 is 0 Å². The first-order chi connectivity index (χ1) is 9.56. The van der Waals surface area contributed by atoms with E-state index in [0.717, 1.165) is 5.69 Å². The highest BCUT2D eigenvalue weighted by atomic mass is 32.2. The maximum Gasteiger partial charge on any atom is 0.237 e. The molecule has 1 amide bonds. The standard InChI is InChI=1S/C12H15N5O2S/c1-7(2)8-5-10(19-17-8)16-9(18)6-20-12-11(13)14-3-4-15-12/h3-5,7H,6H2,1-2H3,(H2,13,14)(H,16,18). The molecule has 3 N–H and O–H groups in total. The van der Waals surface area contributed by atoms with Crippen LogP contribution in [0.5, 0.6) is 0 Å². The molecule has 20 heavy (non-hydrogen) atoms. The van der Waals surface area contributed by atoms with Crippen LogP contribution < -0.4 is 11.1 Å². The number of hydrogen-bond acceptors (Lipinski definition) is 7. The average Bonchev–Trinajstić information content (AvgIpc) is 2.86. The zero-order chi connectivity index (χ0) is 14.5. The molecule has 0 bridgehead atoms. The van der Waals surface area contributed by atoms with Gasteiger partial charge in [0.1, 0.15) is 5.03 Å². The Kier molecular flexibility index (Phi) is 4.57. The van der Waals surface area contributed by atoms with Gasteiger partial charge in [0.2, 0.25) is 11.8 Å². The van der Waals surface area contributed by atoms with Crippen molar-refractivity contribution >= 4 is 29.4 Å². The van der Waals surface area contributed by atoms with Gasteiger partial charge in [0.05, 0.1) is 11.4 Å². The van der Waals surface area contributed by atoms with Gasteiger partial charge in [0, 0.05) is 18.5 Å². The normalized spacial score (nSPS) is 10.8. The molecule has 2 aromatic heterocycles. The molecule has 0 aliphatic rings. The van der Waals surface area contributed by atoms with Crippen molar-refractivity contribution in [1.82, 2.24) is 15.1 Å². The van der Waals surface area contributed by atoms with Crippen LogP contribution in [0.15, 0.2) is 28.0 Å². The minimum Gasteiger partial charge on any atom is -0.381 e. The molecule has 0 aliphatic heterocycles. The second-order valence-corrected chi connectivity index (χ2v) is 5.32. The molecule has 2 rings (SSSR count). The van der Waals surface area contributed by atoms with Gasteiger partial charge < -0.3 is 10.3 Å². The van der Waals surface area contributed by atoms with E-state index in [9.17, 15) is 4.79 Å². The number of amides is 1. The molecule has 0 aliphatic carbocycles. The first-order valence-electron chi connectivity index (χ1n) is 6.02. The first-order valence-corrected chi connectivity index (χ1v) is 7.00. The summed E-state index contributed by atoms with van der Waals surface area (Å²) in [6.45, 7) is 3.99. The van der Waals surface area contributed by atoms with Crippen molar-refractivity contribution in [2.45, 2.75) is 24.8 Å². The Morgan fingerprint density at radius 1 is 1.45 bits per heavy atom. The number of nitrogens with one attached hydrogen (secondary N) is 1. The predicted molar refractivity (Wildman–Crippen MR) is 76.4 cm³/mol. The molecule has 8 heteroatoms. The van der Waals surface area contributed by atoms with Crippen LogP contribution in [0.1, 0.15) is 25.5 Å². The molecule has 0 saturated heterocycles. The van der Waals surface area contributed by atoms with Crippen LogP contribution >= 0.6 is 11.8 Å². The molecule has 0 fully saturated rings. The number of carbonyl (C=O) groups is 1. The van der Waals surface area contributed by atoms with Crippen molar-refractivity contribution in [2.75, 3.05) is 16.8 Å². The van der Waals surface area contributed by atoms with Gasteiger partial charge in [0.15, 0.2) is 5.82 Å². The van der Waals surface area contributed by atoms with E-state index in [1.165, 1.54) is 24.2 Å². The molecule has 7 nitrogen and oxygen atoms in total.